The second kappa shape index (κ2) is 2.54. The first-order chi connectivity index (χ1) is 5.06. The zero-order valence-corrected chi connectivity index (χ0v) is 6.89. The number of hydrogen-bond acceptors (Lipinski definition) is 4. The number of nitrogens with one attached hydrogen (secondary N) is 1. The normalized spacial score (nSPS) is 30.5. The van der Waals surface area contributed by atoms with Gasteiger partial charge in [0.25, 0.3) is 0 Å². The summed E-state index contributed by atoms with van der Waals surface area (Å²) in [5.41, 5.74) is 11.7. The quantitative estimate of drug-likeness (QED) is 0.492. The van der Waals surface area contributed by atoms with E-state index >= 15 is 0 Å². The van der Waals surface area contributed by atoms with Gasteiger partial charge in [-0.25, -0.2) is 4.99 Å². The van der Waals surface area contributed by atoms with Gasteiger partial charge in [0.05, 0.1) is 0 Å². The maximum absolute atomic E-state index is 5.89. The standard InChI is InChI=1S/C7H14N4/c1-3-7(9)4-5(2)10-6(8)11-7/h4H,3,9H2,1-2H3,(H3,8,10,11). The van der Waals surface area contributed by atoms with Crippen LogP contribution in [0.25, 0.3) is 0 Å². The van der Waals surface area contributed by atoms with Gasteiger partial charge in [-0.1, -0.05) is 6.92 Å². The lowest BCUT2D eigenvalue weighted by Gasteiger charge is -2.29. The minimum absolute atomic E-state index is 0.398. The lowest BCUT2D eigenvalue weighted by molar-refractivity contribution is 0.463. The molecule has 1 rings (SSSR count). The second-order valence-corrected chi connectivity index (χ2v) is 2.80. The van der Waals surface area contributed by atoms with Crippen LogP contribution in [0, 0.1) is 0 Å². The smallest absolute Gasteiger partial charge is 0.195 e. The van der Waals surface area contributed by atoms with Crippen LogP contribution in [-0.2, 0) is 0 Å². The summed E-state index contributed by atoms with van der Waals surface area (Å²) in [6.07, 6.45) is 2.67. The van der Waals surface area contributed by atoms with Gasteiger partial charge in [-0.05, 0) is 19.4 Å². The Hall–Kier alpha value is -1.03. The third-order valence-electron chi connectivity index (χ3n) is 1.71. The summed E-state index contributed by atoms with van der Waals surface area (Å²) in [7, 11) is 0. The summed E-state index contributed by atoms with van der Waals surface area (Å²) in [5, 5.41) is 2.90. The van der Waals surface area contributed by atoms with E-state index in [0.29, 0.717) is 5.96 Å². The Kier molecular flexibility index (Phi) is 1.87. The molecule has 0 aliphatic carbocycles. The zero-order valence-electron chi connectivity index (χ0n) is 6.89. The molecular formula is C7H14N4. The number of hydrogen-bond donors (Lipinski definition) is 3. The molecule has 1 unspecified atom stereocenters. The fourth-order valence-corrected chi connectivity index (χ4v) is 1.09. The van der Waals surface area contributed by atoms with Crippen molar-refractivity contribution in [3.05, 3.63) is 11.8 Å². The number of aliphatic imine (C=N–C) groups is 1. The third-order valence-corrected chi connectivity index (χ3v) is 1.71. The van der Waals surface area contributed by atoms with E-state index in [-0.39, 0.29) is 0 Å². The molecule has 0 spiro atoms. The van der Waals surface area contributed by atoms with Gasteiger partial charge in [0.15, 0.2) is 5.96 Å². The van der Waals surface area contributed by atoms with Gasteiger partial charge in [-0.15, -0.1) is 0 Å². The highest BCUT2D eigenvalue weighted by molar-refractivity contribution is 5.81. The second-order valence-electron chi connectivity index (χ2n) is 2.80. The lowest BCUT2D eigenvalue weighted by Crippen LogP contribution is -2.57. The van der Waals surface area contributed by atoms with Gasteiger partial charge in [0.1, 0.15) is 5.66 Å². The highest BCUT2D eigenvalue weighted by Gasteiger charge is 2.23. The van der Waals surface area contributed by atoms with Crippen LogP contribution in [0.15, 0.2) is 16.8 Å². The number of rotatable bonds is 1. The molecule has 0 amide bonds. The molecule has 4 nitrogen and oxygen atoms in total. The molecule has 1 aliphatic rings. The van der Waals surface area contributed by atoms with Crippen molar-refractivity contribution in [1.82, 2.24) is 5.32 Å². The Morgan fingerprint density at radius 2 is 2.36 bits per heavy atom. The van der Waals surface area contributed by atoms with Crippen LogP contribution in [0.5, 0.6) is 0 Å². The maximum atomic E-state index is 5.89. The fraction of sp³-hybridized carbons (Fsp3) is 0.571. The molecule has 4 heteroatoms. The van der Waals surface area contributed by atoms with Gasteiger partial charge in [0, 0.05) is 5.70 Å². The van der Waals surface area contributed by atoms with Crippen LogP contribution < -0.4 is 16.8 Å². The number of nitrogens with two attached hydrogens (primary N) is 2. The lowest BCUT2D eigenvalue weighted by atomic mass is 10.1. The SMILES string of the molecule is CCC1(N)C=C(C)N=C(N)N1. The molecule has 5 N–H and O–H groups in total. The van der Waals surface area contributed by atoms with E-state index < -0.39 is 5.66 Å². The molecule has 1 atom stereocenters. The zero-order chi connectivity index (χ0) is 8.48. The molecule has 0 aromatic heterocycles. The first-order valence-corrected chi connectivity index (χ1v) is 3.66. The van der Waals surface area contributed by atoms with Crippen molar-refractivity contribution in [3.63, 3.8) is 0 Å². The molecule has 1 heterocycles. The first-order valence-electron chi connectivity index (χ1n) is 3.66. The van der Waals surface area contributed by atoms with E-state index in [0.717, 1.165) is 12.1 Å². The van der Waals surface area contributed by atoms with Crippen molar-refractivity contribution in [2.45, 2.75) is 25.9 Å². The van der Waals surface area contributed by atoms with Crippen molar-refractivity contribution in [2.24, 2.45) is 16.5 Å². The van der Waals surface area contributed by atoms with Crippen molar-refractivity contribution >= 4 is 5.96 Å². The van der Waals surface area contributed by atoms with Crippen molar-refractivity contribution in [1.29, 1.82) is 0 Å². The van der Waals surface area contributed by atoms with Crippen molar-refractivity contribution < 1.29 is 0 Å². The predicted octanol–water partition coefficient (Wildman–Crippen LogP) is -0.127. The van der Waals surface area contributed by atoms with E-state index in [2.05, 4.69) is 10.3 Å². The van der Waals surface area contributed by atoms with Gasteiger partial charge < -0.3 is 16.8 Å². The average Bonchev–Trinajstić information content (AvgIpc) is 1.84. The average molecular weight is 154 g/mol. The summed E-state index contributed by atoms with van der Waals surface area (Å²) in [4.78, 5) is 3.99. The molecule has 0 fully saturated rings. The van der Waals surface area contributed by atoms with Gasteiger partial charge in [-0.3, -0.25) is 0 Å². The van der Waals surface area contributed by atoms with Crippen LogP contribution in [-0.4, -0.2) is 11.6 Å². The molecule has 0 saturated heterocycles. The Morgan fingerprint density at radius 1 is 1.73 bits per heavy atom. The van der Waals surface area contributed by atoms with Gasteiger partial charge >= 0.3 is 0 Å². The highest BCUT2D eigenvalue weighted by atomic mass is 15.2. The first kappa shape index (κ1) is 8.07. The van der Waals surface area contributed by atoms with Crippen LogP contribution >= 0.6 is 0 Å². The number of nitrogens with zero attached hydrogens (tertiary/aromatic N) is 1. The van der Waals surface area contributed by atoms with Crippen molar-refractivity contribution in [2.75, 3.05) is 0 Å². The van der Waals surface area contributed by atoms with E-state index in [1.54, 1.807) is 0 Å². The Labute approximate surface area is 66.4 Å². The molecule has 1 aliphatic heterocycles. The van der Waals surface area contributed by atoms with Gasteiger partial charge in [-0.2, -0.15) is 0 Å². The van der Waals surface area contributed by atoms with Crippen LogP contribution in [0.1, 0.15) is 20.3 Å². The monoisotopic (exact) mass is 154 g/mol. The summed E-state index contributed by atoms with van der Waals surface area (Å²) in [6, 6.07) is 0. The Balaban J connectivity index is 2.86. The maximum Gasteiger partial charge on any atom is 0.195 e. The van der Waals surface area contributed by atoms with E-state index in [4.69, 9.17) is 11.5 Å². The summed E-state index contributed by atoms with van der Waals surface area (Å²) < 4.78 is 0. The fourth-order valence-electron chi connectivity index (χ4n) is 1.09. The molecule has 0 saturated carbocycles. The Morgan fingerprint density at radius 3 is 2.82 bits per heavy atom. The topological polar surface area (TPSA) is 76.4 Å². The predicted molar refractivity (Wildman–Crippen MR) is 45.7 cm³/mol. The molecule has 62 valence electrons. The van der Waals surface area contributed by atoms with Crippen LogP contribution in [0.2, 0.25) is 0 Å². The molecular weight excluding hydrogens is 140 g/mol. The Bertz CT molecular complexity index is 218. The van der Waals surface area contributed by atoms with Crippen LogP contribution in [0.3, 0.4) is 0 Å². The molecule has 0 bridgehead atoms. The van der Waals surface area contributed by atoms with E-state index in [1.807, 2.05) is 19.9 Å². The van der Waals surface area contributed by atoms with Crippen molar-refractivity contribution in [3.8, 4) is 0 Å². The summed E-state index contributed by atoms with van der Waals surface area (Å²) in [6.45, 7) is 3.88. The highest BCUT2D eigenvalue weighted by Crippen LogP contribution is 2.11. The molecule has 0 radical (unpaired) electrons. The summed E-state index contributed by atoms with van der Waals surface area (Å²) >= 11 is 0. The van der Waals surface area contributed by atoms with Gasteiger partial charge in [0.2, 0.25) is 0 Å². The third kappa shape index (κ3) is 1.71. The van der Waals surface area contributed by atoms with E-state index in [1.165, 1.54) is 0 Å². The van der Waals surface area contributed by atoms with E-state index in [9.17, 15) is 0 Å². The number of guanidine groups is 1. The largest absolute Gasteiger partial charge is 0.370 e. The molecule has 0 aromatic carbocycles. The minimum atomic E-state index is -0.504. The number of allylic oxidation sites excluding steroid dienone is 1. The van der Waals surface area contributed by atoms with Crippen LogP contribution in [0.4, 0.5) is 0 Å². The minimum Gasteiger partial charge on any atom is -0.370 e. The molecule has 11 heavy (non-hydrogen) atoms. The molecule has 0 aromatic rings. The summed E-state index contributed by atoms with van der Waals surface area (Å²) in [5.74, 6) is 0.398.